The molecule has 1 heterocycles. The number of rotatable bonds is 4. The minimum atomic E-state index is -0.464. The van der Waals surface area contributed by atoms with Crippen molar-refractivity contribution >= 4 is 17.1 Å². The van der Waals surface area contributed by atoms with Crippen LogP contribution >= 0.6 is 0 Å². The van der Waals surface area contributed by atoms with Gasteiger partial charge in [0.25, 0.3) is 5.69 Å². The molecule has 0 aliphatic carbocycles. The first kappa shape index (κ1) is 13.6. The number of likely N-dealkylation sites (N-methyl/N-ethyl adjacent to an activating group) is 1. The van der Waals surface area contributed by atoms with Crippen molar-refractivity contribution in [3.63, 3.8) is 0 Å². The van der Waals surface area contributed by atoms with E-state index in [-0.39, 0.29) is 11.4 Å². The summed E-state index contributed by atoms with van der Waals surface area (Å²) in [7, 11) is 2.13. The van der Waals surface area contributed by atoms with Gasteiger partial charge in [-0.05, 0) is 38.6 Å². The molecule has 0 spiro atoms. The Morgan fingerprint density at radius 2 is 2.32 bits per heavy atom. The Labute approximate surface area is 112 Å². The van der Waals surface area contributed by atoms with Crippen molar-refractivity contribution in [2.45, 2.75) is 25.3 Å². The summed E-state index contributed by atoms with van der Waals surface area (Å²) < 4.78 is 0. The Morgan fingerprint density at radius 3 is 2.95 bits per heavy atom. The average Bonchev–Trinajstić information content (AvgIpc) is 2.37. The van der Waals surface area contributed by atoms with Crippen molar-refractivity contribution in [1.29, 1.82) is 0 Å². The molecule has 0 radical (unpaired) electrons. The first-order chi connectivity index (χ1) is 9.08. The fraction of sp³-hybridized carbons (Fsp3) is 0.538. The maximum atomic E-state index is 10.7. The summed E-state index contributed by atoms with van der Waals surface area (Å²) in [5, 5.41) is 14.0. The van der Waals surface area contributed by atoms with Crippen molar-refractivity contribution in [2.24, 2.45) is 0 Å². The number of anilines is 2. The lowest BCUT2D eigenvalue weighted by Crippen LogP contribution is -2.40. The number of hydrogen-bond acceptors (Lipinski definition) is 5. The SMILES string of the molecule is CN1CCCCC1CNc1ccc([N+](=O)[O-])c(N)c1. The van der Waals surface area contributed by atoms with Crippen LogP contribution in [-0.4, -0.2) is 36.0 Å². The number of piperidine rings is 1. The van der Waals surface area contributed by atoms with Gasteiger partial charge in [-0.1, -0.05) is 6.42 Å². The van der Waals surface area contributed by atoms with Crippen LogP contribution in [0.15, 0.2) is 18.2 Å². The summed E-state index contributed by atoms with van der Waals surface area (Å²) in [6.07, 6.45) is 3.71. The highest BCUT2D eigenvalue weighted by atomic mass is 16.6. The second-order valence-electron chi connectivity index (χ2n) is 5.04. The third-order valence-electron chi connectivity index (χ3n) is 3.69. The molecular weight excluding hydrogens is 244 g/mol. The first-order valence-corrected chi connectivity index (χ1v) is 6.56. The molecule has 1 aromatic carbocycles. The van der Waals surface area contributed by atoms with Crippen molar-refractivity contribution in [2.75, 3.05) is 31.2 Å². The van der Waals surface area contributed by atoms with Crippen LogP contribution in [0, 0.1) is 10.1 Å². The second-order valence-corrected chi connectivity index (χ2v) is 5.04. The molecule has 0 aromatic heterocycles. The normalized spacial score (nSPS) is 20.2. The molecule has 0 amide bonds. The zero-order valence-corrected chi connectivity index (χ0v) is 11.1. The molecular formula is C13H20N4O2. The lowest BCUT2D eigenvalue weighted by Gasteiger charge is -2.32. The highest BCUT2D eigenvalue weighted by Crippen LogP contribution is 2.25. The Hall–Kier alpha value is -1.82. The van der Waals surface area contributed by atoms with Crippen LogP contribution in [0.2, 0.25) is 0 Å². The molecule has 1 atom stereocenters. The van der Waals surface area contributed by atoms with Crippen LogP contribution in [0.5, 0.6) is 0 Å². The summed E-state index contributed by atoms with van der Waals surface area (Å²) in [6, 6.07) is 5.30. The smallest absolute Gasteiger partial charge is 0.292 e. The molecule has 1 aliphatic rings. The van der Waals surface area contributed by atoms with Crippen molar-refractivity contribution in [3.8, 4) is 0 Å². The summed E-state index contributed by atoms with van der Waals surface area (Å²) >= 11 is 0. The standard InChI is InChI=1S/C13H20N4O2/c1-16-7-3-2-4-11(16)9-15-10-5-6-13(17(18)19)12(14)8-10/h5-6,8,11,15H,2-4,7,9,14H2,1H3. The molecule has 2 rings (SSSR count). The van der Waals surface area contributed by atoms with Crippen LogP contribution in [0.1, 0.15) is 19.3 Å². The zero-order chi connectivity index (χ0) is 13.8. The quantitative estimate of drug-likeness (QED) is 0.494. The van der Waals surface area contributed by atoms with Gasteiger partial charge in [0.05, 0.1) is 4.92 Å². The fourth-order valence-corrected chi connectivity index (χ4v) is 2.47. The molecule has 0 saturated carbocycles. The fourth-order valence-electron chi connectivity index (χ4n) is 2.47. The van der Waals surface area contributed by atoms with E-state index < -0.39 is 4.92 Å². The molecule has 6 nitrogen and oxygen atoms in total. The number of nitro groups is 1. The van der Waals surface area contributed by atoms with Crippen LogP contribution < -0.4 is 11.1 Å². The molecule has 1 saturated heterocycles. The second kappa shape index (κ2) is 5.88. The molecule has 1 unspecified atom stereocenters. The predicted molar refractivity (Wildman–Crippen MR) is 76.3 cm³/mol. The van der Waals surface area contributed by atoms with Crippen molar-refractivity contribution in [3.05, 3.63) is 28.3 Å². The van der Waals surface area contributed by atoms with Gasteiger partial charge < -0.3 is 16.0 Å². The van der Waals surface area contributed by atoms with Gasteiger partial charge in [0.2, 0.25) is 0 Å². The summed E-state index contributed by atoms with van der Waals surface area (Å²) in [6.45, 7) is 1.97. The van der Waals surface area contributed by atoms with E-state index in [1.165, 1.54) is 25.3 Å². The lowest BCUT2D eigenvalue weighted by molar-refractivity contribution is -0.383. The monoisotopic (exact) mass is 264 g/mol. The molecule has 1 aliphatic heterocycles. The van der Waals surface area contributed by atoms with Crippen molar-refractivity contribution in [1.82, 2.24) is 4.90 Å². The number of likely N-dealkylation sites (tertiary alicyclic amines) is 1. The molecule has 1 aromatic rings. The maximum absolute atomic E-state index is 10.7. The average molecular weight is 264 g/mol. The van der Waals surface area contributed by atoms with Crippen LogP contribution in [0.3, 0.4) is 0 Å². The maximum Gasteiger partial charge on any atom is 0.292 e. The third kappa shape index (κ3) is 3.35. The molecule has 0 bridgehead atoms. The van der Waals surface area contributed by atoms with Gasteiger partial charge in [-0.2, -0.15) is 0 Å². The van der Waals surface area contributed by atoms with Crippen LogP contribution in [-0.2, 0) is 0 Å². The minimum absolute atomic E-state index is 0.0414. The Kier molecular flexibility index (Phi) is 4.21. The van der Waals surface area contributed by atoms with E-state index in [4.69, 9.17) is 5.73 Å². The molecule has 19 heavy (non-hydrogen) atoms. The van der Waals surface area contributed by atoms with Crippen LogP contribution in [0.25, 0.3) is 0 Å². The number of nitrogens with one attached hydrogen (secondary N) is 1. The Balaban J connectivity index is 1.96. The van der Waals surface area contributed by atoms with Gasteiger partial charge in [-0.3, -0.25) is 10.1 Å². The molecule has 3 N–H and O–H groups in total. The van der Waals surface area contributed by atoms with E-state index in [2.05, 4.69) is 17.3 Å². The van der Waals surface area contributed by atoms with E-state index in [9.17, 15) is 10.1 Å². The summed E-state index contributed by atoms with van der Waals surface area (Å²) in [4.78, 5) is 12.6. The van der Waals surface area contributed by atoms with Gasteiger partial charge >= 0.3 is 0 Å². The number of hydrogen-bond donors (Lipinski definition) is 2. The minimum Gasteiger partial charge on any atom is -0.393 e. The molecule has 6 heteroatoms. The lowest BCUT2D eigenvalue weighted by atomic mass is 10.0. The van der Waals surface area contributed by atoms with Gasteiger partial charge in [0.1, 0.15) is 5.69 Å². The Bertz CT molecular complexity index is 464. The Morgan fingerprint density at radius 1 is 1.53 bits per heavy atom. The van der Waals surface area contributed by atoms with E-state index in [1.807, 2.05) is 0 Å². The zero-order valence-electron chi connectivity index (χ0n) is 11.1. The van der Waals surface area contributed by atoms with E-state index in [0.29, 0.717) is 6.04 Å². The number of nitrogen functional groups attached to an aromatic ring is 1. The van der Waals surface area contributed by atoms with Crippen molar-refractivity contribution < 1.29 is 4.92 Å². The highest BCUT2D eigenvalue weighted by Gasteiger charge is 2.18. The largest absolute Gasteiger partial charge is 0.393 e. The number of nitrogens with two attached hydrogens (primary N) is 1. The molecule has 104 valence electrons. The van der Waals surface area contributed by atoms with Gasteiger partial charge in [0.15, 0.2) is 0 Å². The summed E-state index contributed by atoms with van der Waals surface area (Å²) in [5.74, 6) is 0. The first-order valence-electron chi connectivity index (χ1n) is 6.56. The van der Waals surface area contributed by atoms with Gasteiger partial charge in [-0.25, -0.2) is 0 Å². The van der Waals surface area contributed by atoms with E-state index in [1.54, 1.807) is 12.1 Å². The number of benzene rings is 1. The molecule has 1 fully saturated rings. The number of nitro benzene ring substituents is 1. The van der Waals surface area contributed by atoms with Gasteiger partial charge in [-0.15, -0.1) is 0 Å². The highest BCUT2D eigenvalue weighted by molar-refractivity contribution is 5.65. The predicted octanol–water partition coefficient (Wildman–Crippen LogP) is 2.07. The third-order valence-corrected chi connectivity index (χ3v) is 3.69. The van der Waals surface area contributed by atoms with E-state index in [0.717, 1.165) is 18.8 Å². The summed E-state index contributed by atoms with van der Waals surface area (Å²) in [5.41, 5.74) is 6.66. The van der Waals surface area contributed by atoms with Crippen LogP contribution in [0.4, 0.5) is 17.1 Å². The van der Waals surface area contributed by atoms with Gasteiger partial charge in [0, 0.05) is 24.3 Å². The topological polar surface area (TPSA) is 84.4 Å². The van der Waals surface area contributed by atoms with E-state index >= 15 is 0 Å². The number of nitrogens with zero attached hydrogens (tertiary/aromatic N) is 2.